The molecule has 0 aromatic heterocycles. The molecular weight excluding hydrogens is 228 g/mol. The van der Waals surface area contributed by atoms with Crippen molar-refractivity contribution < 1.29 is 14.3 Å². The molecule has 0 saturated carbocycles. The molecular formula is C15H28O3. The summed E-state index contributed by atoms with van der Waals surface area (Å²) in [4.78, 5) is 11.8. The Morgan fingerprint density at radius 3 is 2.50 bits per heavy atom. The molecule has 0 atom stereocenters. The van der Waals surface area contributed by atoms with Crippen molar-refractivity contribution in [1.82, 2.24) is 0 Å². The van der Waals surface area contributed by atoms with E-state index in [4.69, 9.17) is 9.47 Å². The largest absolute Gasteiger partial charge is 0.462 e. The summed E-state index contributed by atoms with van der Waals surface area (Å²) >= 11 is 0. The molecule has 0 aromatic carbocycles. The van der Waals surface area contributed by atoms with Gasteiger partial charge in [-0.3, -0.25) is 0 Å². The number of unbranched alkanes of at least 4 members (excludes halogenated alkanes) is 3. The topological polar surface area (TPSA) is 35.5 Å². The van der Waals surface area contributed by atoms with E-state index in [1.165, 1.54) is 12.8 Å². The van der Waals surface area contributed by atoms with Gasteiger partial charge in [0, 0.05) is 7.11 Å². The Bertz CT molecular complexity index is 244. The van der Waals surface area contributed by atoms with Crippen molar-refractivity contribution in [3.05, 3.63) is 11.6 Å². The van der Waals surface area contributed by atoms with E-state index in [1.54, 1.807) is 7.11 Å². The normalized spacial score (nSPS) is 11.9. The predicted molar refractivity (Wildman–Crippen MR) is 74.5 cm³/mol. The van der Waals surface area contributed by atoms with E-state index >= 15 is 0 Å². The summed E-state index contributed by atoms with van der Waals surface area (Å²) in [6.45, 7) is 7.26. The zero-order chi connectivity index (χ0) is 13.8. The summed E-state index contributed by atoms with van der Waals surface area (Å²) < 4.78 is 10.3. The molecule has 0 heterocycles. The summed E-state index contributed by atoms with van der Waals surface area (Å²) in [5.74, 6) is 0.309. The molecule has 0 radical (unpaired) electrons. The molecule has 18 heavy (non-hydrogen) atoms. The lowest BCUT2D eigenvalue weighted by Crippen LogP contribution is -2.13. The Morgan fingerprint density at radius 2 is 1.94 bits per heavy atom. The van der Waals surface area contributed by atoms with Crippen LogP contribution in [-0.4, -0.2) is 26.3 Å². The molecule has 3 heteroatoms. The first-order chi connectivity index (χ1) is 8.61. The minimum Gasteiger partial charge on any atom is -0.462 e. The molecule has 106 valence electrons. The van der Waals surface area contributed by atoms with E-state index in [1.807, 2.05) is 6.08 Å². The quantitative estimate of drug-likeness (QED) is 0.339. The van der Waals surface area contributed by atoms with Gasteiger partial charge in [-0.2, -0.15) is 0 Å². The van der Waals surface area contributed by atoms with E-state index in [9.17, 15) is 4.79 Å². The van der Waals surface area contributed by atoms with Gasteiger partial charge in [-0.1, -0.05) is 46.1 Å². The van der Waals surface area contributed by atoms with Gasteiger partial charge in [0.2, 0.25) is 0 Å². The van der Waals surface area contributed by atoms with Gasteiger partial charge in [0.15, 0.2) is 0 Å². The van der Waals surface area contributed by atoms with Gasteiger partial charge in [-0.25, -0.2) is 4.79 Å². The fraction of sp³-hybridized carbons (Fsp3) is 0.800. The number of hydrogen-bond acceptors (Lipinski definition) is 3. The molecule has 3 nitrogen and oxygen atoms in total. The Balaban J connectivity index is 4.02. The lowest BCUT2D eigenvalue weighted by Gasteiger charge is -2.08. The number of methoxy groups -OCH3 is 1. The molecule has 0 rings (SSSR count). The predicted octanol–water partition coefficient (Wildman–Crippen LogP) is 3.73. The summed E-state index contributed by atoms with van der Waals surface area (Å²) in [5.41, 5.74) is 0.640. The molecule has 0 aliphatic heterocycles. The second-order valence-electron chi connectivity index (χ2n) is 4.99. The van der Waals surface area contributed by atoms with Crippen molar-refractivity contribution in [1.29, 1.82) is 0 Å². The maximum absolute atomic E-state index is 11.8. The smallest absolute Gasteiger partial charge is 0.336 e. The average Bonchev–Trinajstić information content (AvgIpc) is 2.33. The molecule has 0 N–H and O–H groups in total. The first-order valence-corrected chi connectivity index (χ1v) is 6.96. The van der Waals surface area contributed by atoms with Crippen molar-refractivity contribution in [3.63, 3.8) is 0 Å². The number of allylic oxidation sites excluding steroid dienone is 1. The number of rotatable bonds is 10. The van der Waals surface area contributed by atoms with Crippen LogP contribution in [-0.2, 0) is 14.3 Å². The maximum atomic E-state index is 11.8. The third kappa shape index (κ3) is 9.23. The van der Waals surface area contributed by atoms with Crippen LogP contribution in [0.15, 0.2) is 11.6 Å². The second-order valence-corrected chi connectivity index (χ2v) is 4.99. The highest BCUT2D eigenvalue weighted by Crippen LogP contribution is 2.08. The van der Waals surface area contributed by atoms with Crippen LogP contribution in [0.5, 0.6) is 0 Å². The first kappa shape index (κ1) is 17.2. The van der Waals surface area contributed by atoms with Crippen molar-refractivity contribution in [3.8, 4) is 0 Å². The standard InChI is InChI=1S/C15H28O3/c1-5-6-7-8-11-18-15(16)14(12-17-4)10-9-13(2)3/h10,13H,5-9,11-12H2,1-4H3. The number of carbonyl (C=O) groups excluding carboxylic acids is 1. The molecule has 0 amide bonds. The van der Waals surface area contributed by atoms with Crippen molar-refractivity contribution in [2.45, 2.75) is 52.9 Å². The number of esters is 1. The summed E-state index contributed by atoms with van der Waals surface area (Å²) in [6.07, 6.45) is 7.28. The number of ether oxygens (including phenoxy) is 2. The van der Waals surface area contributed by atoms with E-state index in [-0.39, 0.29) is 5.97 Å². The fourth-order valence-electron chi connectivity index (χ4n) is 1.52. The minimum absolute atomic E-state index is 0.228. The van der Waals surface area contributed by atoms with Crippen molar-refractivity contribution in [2.24, 2.45) is 5.92 Å². The van der Waals surface area contributed by atoms with Crippen molar-refractivity contribution in [2.75, 3.05) is 20.3 Å². The Morgan fingerprint density at radius 1 is 1.22 bits per heavy atom. The van der Waals surface area contributed by atoms with Gasteiger partial charge < -0.3 is 9.47 Å². The molecule has 0 spiro atoms. The second kappa shape index (κ2) is 11.3. The van der Waals surface area contributed by atoms with Crippen LogP contribution in [0.3, 0.4) is 0 Å². The highest BCUT2D eigenvalue weighted by atomic mass is 16.5. The Labute approximate surface area is 112 Å². The molecule has 0 saturated heterocycles. The van der Waals surface area contributed by atoms with E-state index in [2.05, 4.69) is 20.8 Å². The molecule has 0 fully saturated rings. The van der Waals surface area contributed by atoms with Gasteiger partial charge in [0.05, 0.1) is 18.8 Å². The Hall–Kier alpha value is -0.830. The van der Waals surface area contributed by atoms with Crippen LogP contribution in [0.4, 0.5) is 0 Å². The molecule has 0 bridgehead atoms. The maximum Gasteiger partial charge on any atom is 0.336 e. The third-order valence-corrected chi connectivity index (χ3v) is 2.63. The van der Waals surface area contributed by atoms with Gasteiger partial charge in [0.25, 0.3) is 0 Å². The van der Waals surface area contributed by atoms with E-state index in [0.717, 1.165) is 19.3 Å². The average molecular weight is 256 g/mol. The summed E-state index contributed by atoms with van der Waals surface area (Å²) in [6, 6.07) is 0. The lowest BCUT2D eigenvalue weighted by atomic mass is 10.1. The first-order valence-electron chi connectivity index (χ1n) is 6.96. The third-order valence-electron chi connectivity index (χ3n) is 2.63. The van der Waals surface area contributed by atoms with Crippen LogP contribution >= 0.6 is 0 Å². The number of carbonyl (C=O) groups is 1. The van der Waals surface area contributed by atoms with Gasteiger partial charge in [0.1, 0.15) is 0 Å². The van der Waals surface area contributed by atoms with Gasteiger partial charge in [-0.05, 0) is 18.8 Å². The van der Waals surface area contributed by atoms with E-state index in [0.29, 0.717) is 24.7 Å². The minimum atomic E-state index is -0.228. The highest BCUT2D eigenvalue weighted by Gasteiger charge is 2.10. The van der Waals surface area contributed by atoms with Gasteiger partial charge >= 0.3 is 5.97 Å². The zero-order valence-electron chi connectivity index (χ0n) is 12.3. The Kier molecular flexibility index (Phi) is 10.8. The zero-order valence-corrected chi connectivity index (χ0v) is 12.3. The monoisotopic (exact) mass is 256 g/mol. The van der Waals surface area contributed by atoms with Crippen molar-refractivity contribution >= 4 is 5.97 Å². The van der Waals surface area contributed by atoms with Gasteiger partial charge in [-0.15, -0.1) is 0 Å². The van der Waals surface area contributed by atoms with Crippen LogP contribution < -0.4 is 0 Å². The summed E-state index contributed by atoms with van der Waals surface area (Å²) in [5, 5.41) is 0. The van der Waals surface area contributed by atoms with Crippen LogP contribution in [0.25, 0.3) is 0 Å². The van der Waals surface area contributed by atoms with Crippen LogP contribution in [0.1, 0.15) is 52.9 Å². The SMILES string of the molecule is CCCCCCOC(=O)C(=CCC(C)C)COC. The lowest BCUT2D eigenvalue weighted by molar-refractivity contribution is -0.139. The molecule has 0 unspecified atom stereocenters. The van der Waals surface area contributed by atoms with E-state index < -0.39 is 0 Å². The van der Waals surface area contributed by atoms with Crippen LogP contribution in [0.2, 0.25) is 0 Å². The number of hydrogen-bond donors (Lipinski definition) is 0. The van der Waals surface area contributed by atoms with Crippen LogP contribution in [0, 0.1) is 5.92 Å². The molecule has 0 aliphatic carbocycles. The molecule has 0 aliphatic rings. The highest BCUT2D eigenvalue weighted by molar-refractivity contribution is 5.88. The summed E-state index contributed by atoms with van der Waals surface area (Å²) in [7, 11) is 1.59. The fourth-order valence-corrected chi connectivity index (χ4v) is 1.52. The molecule has 0 aromatic rings.